The fourth-order valence-corrected chi connectivity index (χ4v) is 1.77. The molecule has 1 N–H and O–H groups in total. The first-order chi connectivity index (χ1) is 6.65. The van der Waals surface area contributed by atoms with E-state index in [1.54, 1.807) is 6.07 Å². The first-order valence-electron chi connectivity index (χ1n) is 5.03. The lowest BCUT2D eigenvalue weighted by Crippen LogP contribution is -1.92. The Morgan fingerprint density at radius 2 is 2.07 bits per heavy atom. The van der Waals surface area contributed by atoms with Gasteiger partial charge in [0.2, 0.25) is 0 Å². The number of benzene rings is 1. The maximum absolute atomic E-state index is 9.62. The minimum atomic E-state index is 0.388. The quantitative estimate of drug-likeness (QED) is 0.812. The van der Waals surface area contributed by atoms with E-state index in [2.05, 4.69) is 35.8 Å². The molecule has 0 spiro atoms. The maximum atomic E-state index is 9.62. The molecule has 0 unspecified atom stereocenters. The molecule has 0 bridgehead atoms. The van der Waals surface area contributed by atoms with Crippen molar-refractivity contribution in [2.75, 3.05) is 5.33 Å². The molecular weight excluding hydrogens is 240 g/mol. The van der Waals surface area contributed by atoms with Crippen molar-refractivity contribution >= 4 is 15.9 Å². The predicted molar refractivity (Wildman–Crippen MR) is 64.3 cm³/mol. The standard InChI is InChI=1S/C12H17BrO/c1-9(2)11-8-10(4-3-7-13)5-6-12(11)14/h5-6,8-9,14H,3-4,7H2,1-2H3. The van der Waals surface area contributed by atoms with Crippen LogP contribution in [0.3, 0.4) is 0 Å². The molecule has 0 heterocycles. The minimum absolute atomic E-state index is 0.388. The van der Waals surface area contributed by atoms with Crippen LogP contribution < -0.4 is 0 Å². The van der Waals surface area contributed by atoms with Gasteiger partial charge in [-0.05, 0) is 36.0 Å². The molecule has 0 aromatic heterocycles. The van der Waals surface area contributed by atoms with Gasteiger partial charge in [0.05, 0.1) is 0 Å². The zero-order valence-electron chi connectivity index (χ0n) is 8.76. The number of alkyl halides is 1. The SMILES string of the molecule is CC(C)c1cc(CCCBr)ccc1O. The second-order valence-electron chi connectivity index (χ2n) is 3.84. The molecule has 0 aliphatic rings. The van der Waals surface area contributed by atoms with Gasteiger partial charge in [-0.1, -0.05) is 41.9 Å². The number of hydrogen-bond donors (Lipinski definition) is 1. The van der Waals surface area contributed by atoms with Crippen molar-refractivity contribution in [1.82, 2.24) is 0 Å². The lowest BCUT2D eigenvalue weighted by Gasteiger charge is -2.10. The van der Waals surface area contributed by atoms with Crippen molar-refractivity contribution in [3.8, 4) is 5.75 Å². The van der Waals surface area contributed by atoms with Crippen LogP contribution in [0, 0.1) is 0 Å². The first kappa shape index (κ1) is 11.6. The summed E-state index contributed by atoms with van der Waals surface area (Å²) in [5, 5.41) is 10.7. The van der Waals surface area contributed by atoms with Gasteiger partial charge in [0.25, 0.3) is 0 Å². The van der Waals surface area contributed by atoms with Crippen molar-refractivity contribution in [1.29, 1.82) is 0 Å². The summed E-state index contributed by atoms with van der Waals surface area (Å²) in [5.41, 5.74) is 2.36. The second-order valence-corrected chi connectivity index (χ2v) is 4.63. The van der Waals surface area contributed by atoms with Gasteiger partial charge in [-0.2, -0.15) is 0 Å². The number of hydrogen-bond acceptors (Lipinski definition) is 1. The Kier molecular flexibility index (Phi) is 4.46. The molecule has 1 aromatic carbocycles. The highest BCUT2D eigenvalue weighted by atomic mass is 79.9. The lowest BCUT2D eigenvalue weighted by atomic mass is 9.98. The van der Waals surface area contributed by atoms with Crippen LogP contribution in [0.1, 0.15) is 37.3 Å². The fourth-order valence-electron chi connectivity index (χ4n) is 1.49. The van der Waals surface area contributed by atoms with Crippen LogP contribution in [0.2, 0.25) is 0 Å². The zero-order valence-corrected chi connectivity index (χ0v) is 10.3. The van der Waals surface area contributed by atoms with Crippen molar-refractivity contribution in [2.24, 2.45) is 0 Å². The molecule has 14 heavy (non-hydrogen) atoms. The molecule has 0 radical (unpaired) electrons. The molecule has 2 heteroatoms. The van der Waals surface area contributed by atoms with E-state index in [-0.39, 0.29) is 0 Å². The van der Waals surface area contributed by atoms with E-state index in [4.69, 9.17) is 0 Å². The monoisotopic (exact) mass is 256 g/mol. The van der Waals surface area contributed by atoms with Gasteiger partial charge in [0.1, 0.15) is 5.75 Å². The van der Waals surface area contributed by atoms with Gasteiger partial charge in [-0.25, -0.2) is 0 Å². The highest BCUT2D eigenvalue weighted by molar-refractivity contribution is 9.09. The van der Waals surface area contributed by atoms with Crippen LogP contribution in [0.15, 0.2) is 18.2 Å². The highest BCUT2D eigenvalue weighted by Gasteiger charge is 2.06. The topological polar surface area (TPSA) is 20.2 Å². The van der Waals surface area contributed by atoms with E-state index in [9.17, 15) is 5.11 Å². The lowest BCUT2D eigenvalue weighted by molar-refractivity contribution is 0.464. The smallest absolute Gasteiger partial charge is 0.119 e. The van der Waals surface area contributed by atoms with Crippen molar-refractivity contribution in [3.05, 3.63) is 29.3 Å². The Balaban J connectivity index is 2.83. The number of halogens is 1. The highest BCUT2D eigenvalue weighted by Crippen LogP contribution is 2.26. The summed E-state index contributed by atoms with van der Waals surface area (Å²) in [4.78, 5) is 0. The van der Waals surface area contributed by atoms with E-state index in [1.807, 2.05) is 6.07 Å². The van der Waals surface area contributed by atoms with Gasteiger partial charge < -0.3 is 5.11 Å². The van der Waals surface area contributed by atoms with Crippen LogP contribution in [0.5, 0.6) is 5.75 Å². The number of phenolic OH excluding ortho intramolecular Hbond substituents is 1. The third-order valence-electron chi connectivity index (χ3n) is 2.31. The minimum Gasteiger partial charge on any atom is -0.508 e. The zero-order chi connectivity index (χ0) is 10.6. The van der Waals surface area contributed by atoms with Gasteiger partial charge in [0.15, 0.2) is 0 Å². The van der Waals surface area contributed by atoms with Gasteiger partial charge in [-0.15, -0.1) is 0 Å². The van der Waals surface area contributed by atoms with Crippen LogP contribution in [0.4, 0.5) is 0 Å². The van der Waals surface area contributed by atoms with E-state index < -0.39 is 0 Å². The Labute approximate surface area is 94.3 Å². The molecule has 0 atom stereocenters. The normalized spacial score (nSPS) is 10.9. The summed E-state index contributed by atoms with van der Waals surface area (Å²) in [6, 6.07) is 5.92. The average molecular weight is 257 g/mol. The molecule has 1 nitrogen and oxygen atoms in total. The summed E-state index contributed by atoms with van der Waals surface area (Å²) in [5.74, 6) is 0.807. The molecule has 1 rings (SSSR count). The van der Waals surface area contributed by atoms with Crippen LogP contribution in [-0.2, 0) is 6.42 Å². The van der Waals surface area contributed by atoms with Gasteiger partial charge in [0, 0.05) is 5.33 Å². The fraction of sp³-hybridized carbons (Fsp3) is 0.500. The van der Waals surface area contributed by atoms with Gasteiger partial charge >= 0.3 is 0 Å². The molecule has 0 aliphatic carbocycles. The molecule has 0 fully saturated rings. The summed E-state index contributed by atoms with van der Waals surface area (Å²) < 4.78 is 0. The number of aryl methyl sites for hydroxylation is 1. The van der Waals surface area contributed by atoms with E-state index in [1.165, 1.54) is 5.56 Å². The Morgan fingerprint density at radius 3 is 2.64 bits per heavy atom. The average Bonchev–Trinajstić information content (AvgIpc) is 2.16. The van der Waals surface area contributed by atoms with Crippen LogP contribution in [-0.4, -0.2) is 10.4 Å². The predicted octanol–water partition coefficient (Wildman–Crippen LogP) is 3.84. The Morgan fingerprint density at radius 1 is 1.36 bits per heavy atom. The number of phenols is 1. The number of aromatic hydroxyl groups is 1. The number of rotatable bonds is 4. The molecule has 0 amide bonds. The van der Waals surface area contributed by atoms with Crippen molar-refractivity contribution < 1.29 is 5.11 Å². The third kappa shape index (κ3) is 3.02. The molecule has 78 valence electrons. The summed E-state index contributed by atoms with van der Waals surface area (Å²) in [6.45, 7) is 4.20. The first-order valence-corrected chi connectivity index (χ1v) is 6.15. The molecular formula is C12H17BrO. The Hall–Kier alpha value is -0.500. The summed E-state index contributed by atoms with van der Waals surface area (Å²) in [7, 11) is 0. The molecule has 0 saturated heterocycles. The van der Waals surface area contributed by atoms with E-state index >= 15 is 0 Å². The maximum Gasteiger partial charge on any atom is 0.119 e. The molecule has 1 aromatic rings. The molecule has 0 aliphatic heterocycles. The second kappa shape index (κ2) is 5.40. The third-order valence-corrected chi connectivity index (χ3v) is 2.87. The molecule has 0 saturated carbocycles. The summed E-state index contributed by atoms with van der Waals surface area (Å²) in [6.07, 6.45) is 2.22. The van der Waals surface area contributed by atoms with Crippen molar-refractivity contribution in [3.63, 3.8) is 0 Å². The van der Waals surface area contributed by atoms with Crippen LogP contribution in [0.25, 0.3) is 0 Å². The van der Waals surface area contributed by atoms with Gasteiger partial charge in [-0.3, -0.25) is 0 Å². The largest absolute Gasteiger partial charge is 0.508 e. The van der Waals surface area contributed by atoms with Crippen molar-refractivity contribution in [2.45, 2.75) is 32.6 Å². The van der Waals surface area contributed by atoms with E-state index in [0.717, 1.165) is 23.7 Å². The van der Waals surface area contributed by atoms with E-state index in [0.29, 0.717) is 11.7 Å². The Bertz CT molecular complexity index is 294. The summed E-state index contributed by atoms with van der Waals surface area (Å²) >= 11 is 3.42. The van der Waals surface area contributed by atoms with Crippen LogP contribution >= 0.6 is 15.9 Å².